The molecule has 1 N–H and O–H groups in total. The molecule has 0 fully saturated rings. The minimum absolute atomic E-state index is 0.0809. The number of aromatic amines is 1. The summed E-state index contributed by atoms with van der Waals surface area (Å²) < 4.78 is 5.77. The van der Waals surface area contributed by atoms with E-state index in [-0.39, 0.29) is 11.9 Å². The zero-order chi connectivity index (χ0) is 17.9. The zero-order valence-electron chi connectivity index (χ0n) is 14.5. The third-order valence-corrected chi connectivity index (χ3v) is 5.64. The lowest BCUT2D eigenvalue weighted by molar-refractivity contribution is 0.0681. The molecule has 4 rings (SSSR count). The zero-order valence-corrected chi connectivity index (χ0v) is 15.3. The largest absolute Gasteiger partial charge is 0.455 e. The van der Waals surface area contributed by atoms with Gasteiger partial charge >= 0.3 is 0 Å². The van der Waals surface area contributed by atoms with Crippen LogP contribution in [0.1, 0.15) is 46.3 Å². The lowest BCUT2D eigenvalue weighted by Crippen LogP contribution is -2.33. The van der Waals surface area contributed by atoms with Crippen molar-refractivity contribution in [3.63, 3.8) is 0 Å². The van der Waals surface area contributed by atoms with Gasteiger partial charge in [-0.2, -0.15) is 5.10 Å². The van der Waals surface area contributed by atoms with E-state index < -0.39 is 0 Å². The van der Waals surface area contributed by atoms with Crippen molar-refractivity contribution >= 4 is 17.7 Å². The van der Waals surface area contributed by atoms with Gasteiger partial charge in [0.25, 0.3) is 5.91 Å². The third-order valence-electron chi connectivity index (χ3n) is 4.74. The Morgan fingerprint density at radius 3 is 3.08 bits per heavy atom. The lowest BCUT2D eigenvalue weighted by Gasteiger charge is -2.32. The van der Waals surface area contributed by atoms with Gasteiger partial charge < -0.3 is 9.32 Å². The van der Waals surface area contributed by atoms with Crippen LogP contribution >= 0.6 is 11.8 Å². The fourth-order valence-corrected chi connectivity index (χ4v) is 4.09. The number of nitrogens with one attached hydrogen (secondary N) is 1. The van der Waals surface area contributed by atoms with Crippen molar-refractivity contribution in [3.8, 4) is 0 Å². The molecular weight excluding hydrogens is 348 g/mol. The normalized spacial score (nSPS) is 16.3. The second-order valence-corrected chi connectivity index (χ2v) is 7.33. The summed E-state index contributed by atoms with van der Waals surface area (Å²) in [5.74, 6) is 1.64. The van der Waals surface area contributed by atoms with E-state index in [1.807, 2.05) is 24.1 Å². The van der Waals surface area contributed by atoms with Gasteiger partial charge in [0, 0.05) is 7.05 Å². The summed E-state index contributed by atoms with van der Waals surface area (Å²) in [4.78, 5) is 18.8. The summed E-state index contributed by atoms with van der Waals surface area (Å²) in [7, 11) is 1.86. The number of hydrogen-bond acceptors (Lipinski definition) is 5. The summed E-state index contributed by atoms with van der Waals surface area (Å²) in [5, 5.41) is 7.33. The molecule has 0 spiro atoms. The first kappa shape index (κ1) is 16.9. The molecule has 26 heavy (non-hydrogen) atoms. The van der Waals surface area contributed by atoms with E-state index in [1.165, 1.54) is 29.2 Å². The molecule has 0 saturated heterocycles. The molecule has 1 unspecified atom stereocenters. The van der Waals surface area contributed by atoms with Crippen molar-refractivity contribution in [1.82, 2.24) is 20.1 Å². The summed E-state index contributed by atoms with van der Waals surface area (Å²) in [6, 6.07) is 12.1. The number of carbonyl (C=O) groups excluding carboxylic acids is 1. The number of furan rings is 1. The average Bonchev–Trinajstić information content (AvgIpc) is 3.36. The van der Waals surface area contributed by atoms with Crippen LogP contribution < -0.4 is 0 Å². The highest BCUT2D eigenvalue weighted by Gasteiger charge is 2.28. The molecule has 6 nitrogen and oxygen atoms in total. The number of aromatic nitrogens is 3. The van der Waals surface area contributed by atoms with Crippen molar-refractivity contribution in [2.75, 3.05) is 7.05 Å². The number of fused-ring (bicyclic) bond motifs is 1. The first-order valence-electron chi connectivity index (χ1n) is 8.64. The SMILES string of the molecule is CN(C(=O)c1ccc(CSc2ncn[nH]2)o1)C1CCCc2ccccc21. The van der Waals surface area contributed by atoms with E-state index in [2.05, 4.69) is 33.4 Å². The third kappa shape index (κ3) is 3.39. The van der Waals surface area contributed by atoms with Crippen LogP contribution in [0, 0.1) is 0 Å². The smallest absolute Gasteiger partial charge is 0.289 e. The van der Waals surface area contributed by atoms with Crippen LogP contribution in [0.2, 0.25) is 0 Å². The molecule has 1 aliphatic carbocycles. The number of benzene rings is 1. The van der Waals surface area contributed by atoms with Gasteiger partial charge in [-0.05, 0) is 42.5 Å². The number of carbonyl (C=O) groups is 1. The molecule has 2 heterocycles. The average molecular weight is 368 g/mol. The number of thioether (sulfide) groups is 1. The predicted octanol–water partition coefficient (Wildman–Crippen LogP) is 3.84. The van der Waals surface area contributed by atoms with E-state index in [9.17, 15) is 4.79 Å². The number of nitrogens with zero attached hydrogens (tertiary/aromatic N) is 3. The Bertz CT molecular complexity index is 891. The predicted molar refractivity (Wildman–Crippen MR) is 98.9 cm³/mol. The maximum Gasteiger partial charge on any atom is 0.289 e. The molecule has 1 amide bonds. The highest BCUT2D eigenvalue weighted by Crippen LogP contribution is 2.34. The van der Waals surface area contributed by atoms with Crippen molar-refractivity contribution < 1.29 is 9.21 Å². The molecule has 0 radical (unpaired) electrons. The second-order valence-electron chi connectivity index (χ2n) is 6.37. The van der Waals surface area contributed by atoms with Crippen LogP contribution in [0.15, 0.2) is 52.3 Å². The number of hydrogen-bond donors (Lipinski definition) is 1. The topological polar surface area (TPSA) is 75.0 Å². The maximum atomic E-state index is 12.9. The Balaban J connectivity index is 1.46. The Labute approximate surface area is 156 Å². The van der Waals surface area contributed by atoms with Gasteiger partial charge in [0.05, 0.1) is 11.8 Å². The summed E-state index contributed by atoms with van der Waals surface area (Å²) in [6.07, 6.45) is 4.62. The Morgan fingerprint density at radius 1 is 1.35 bits per heavy atom. The summed E-state index contributed by atoms with van der Waals surface area (Å²) >= 11 is 1.48. The fourth-order valence-electron chi connectivity index (χ4n) is 3.42. The molecule has 2 aromatic heterocycles. The van der Waals surface area contributed by atoms with Gasteiger partial charge in [-0.15, -0.1) is 0 Å². The molecule has 1 aliphatic rings. The van der Waals surface area contributed by atoms with E-state index in [1.54, 1.807) is 6.07 Å². The van der Waals surface area contributed by atoms with Gasteiger partial charge in [0.15, 0.2) is 10.9 Å². The van der Waals surface area contributed by atoms with Crippen LogP contribution in [0.5, 0.6) is 0 Å². The molecule has 0 bridgehead atoms. The first-order valence-corrected chi connectivity index (χ1v) is 9.63. The van der Waals surface area contributed by atoms with Gasteiger partial charge in [-0.1, -0.05) is 36.0 Å². The summed E-state index contributed by atoms with van der Waals surface area (Å²) in [5.41, 5.74) is 2.59. The first-order chi connectivity index (χ1) is 12.7. The summed E-state index contributed by atoms with van der Waals surface area (Å²) in [6.45, 7) is 0. The number of rotatable bonds is 5. The van der Waals surface area contributed by atoms with E-state index in [4.69, 9.17) is 4.42 Å². The van der Waals surface area contributed by atoms with Crippen LogP contribution in [0.4, 0.5) is 0 Å². The molecule has 7 heteroatoms. The lowest BCUT2D eigenvalue weighted by atomic mass is 9.87. The van der Waals surface area contributed by atoms with Gasteiger partial charge in [-0.3, -0.25) is 9.89 Å². The number of aryl methyl sites for hydroxylation is 1. The standard InChI is InChI=1S/C19H20N4O2S/c1-23(16-8-4-6-13-5-2-3-7-15(13)16)18(24)17-10-9-14(25-17)11-26-19-20-12-21-22-19/h2-3,5,7,9-10,12,16H,4,6,8,11H2,1H3,(H,20,21,22). The van der Waals surface area contributed by atoms with E-state index in [0.717, 1.165) is 30.2 Å². The monoisotopic (exact) mass is 368 g/mol. The molecular formula is C19H20N4O2S. The maximum absolute atomic E-state index is 12.9. The van der Waals surface area contributed by atoms with Gasteiger partial charge in [0.2, 0.25) is 0 Å². The quantitative estimate of drug-likeness (QED) is 0.693. The van der Waals surface area contributed by atoms with Crippen LogP contribution in [-0.2, 0) is 12.2 Å². The number of amides is 1. The number of H-pyrrole nitrogens is 1. The molecule has 1 atom stereocenters. The fraction of sp³-hybridized carbons (Fsp3) is 0.316. The van der Waals surface area contributed by atoms with Crippen molar-refractivity contribution in [2.45, 2.75) is 36.2 Å². The molecule has 0 aliphatic heterocycles. The minimum Gasteiger partial charge on any atom is -0.455 e. The molecule has 134 valence electrons. The molecule has 0 saturated carbocycles. The Kier molecular flexibility index (Phi) is 4.79. The highest BCUT2D eigenvalue weighted by molar-refractivity contribution is 7.98. The molecule has 1 aromatic carbocycles. The van der Waals surface area contributed by atoms with Crippen LogP contribution in [-0.4, -0.2) is 33.0 Å². The second kappa shape index (κ2) is 7.37. The van der Waals surface area contributed by atoms with Crippen LogP contribution in [0.3, 0.4) is 0 Å². The Morgan fingerprint density at radius 2 is 2.23 bits per heavy atom. The minimum atomic E-state index is -0.0809. The Hall–Kier alpha value is -2.54. The van der Waals surface area contributed by atoms with Crippen molar-refractivity contribution in [1.29, 1.82) is 0 Å². The van der Waals surface area contributed by atoms with E-state index >= 15 is 0 Å². The van der Waals surface area contributed by atoms with Crippen molar-refractivity contribution in [2.24, 2.45) is 0 Å². The highest BCUT2D eigenvalue weighted by atomic mass is 32.2. The molecule has 3 aromatic rings. The van der Waals surface area contributed by atoms with Crippen molar-refractivity contribution in [3.05, 3.63) is 65.4 Å². The van der Waals surface area contributed by atoms with Gasteiger partial charge in [0.1, 0.15) is 12.1 Å². The van der Waals surface area contributed by atoms with Gasteiger partial charge in [-0.25, -0.2) is 4.98 Å². The van der Waals surface area contributed by atoms with Crippen LogP contribution in [0.25, 0.3) is 0 Å². The van der Waals surface area contributed by atoms with E-state index in [0.29, 0.717) is 11.5 Å².